The summed E-state index contributed by atoms with van der Waals surface area (Å²) in [5.41, 5.74) is 13.3. The van der Waals surface area contributed by atoms with Gasteiger partial charge < -0.3 is 24.7 Å². The summed E-state index contributed by atoms with van der Waals surface area (Å²) in [5.74, 6) is -0.429. The molecule has 28 heavy (non-hydrogen) atoms. The van der Waals surface area contributed by atoms with Crippen molar-refractivity contribution in [2.45, 2.75) is 58.1 Å². The lowest BCUT2D eigenvalue weighted by atomic mass is 10.1. The van der Waals surface area contributed by atoms with Crippen molar-refractivity contribution in [2.75, 3.05) is 46.2 Å². The van der Waals surface area contributed by atoms with Crippen LogP contribution in [0.5, 0.6) is 0 Å². The van der Waals surface area contributed by atoms with Gasteiger partial charge in [0.2, 0.25) is 0 Å². The molecule has 0 amide bonds. The summed E-state index contributed by atoms with van der Waals surface area (Å²) >= 11 is 0. The number of hydrogen-bond acceptors (Lipinski definition) is 8. The van der Waals surface area contributed by atoms with Crippen LogP contribution in [0.1, 0.15) is 46.5 Å². The van der Waals surface area contributed by atoms with Crippen molar-refractivity contribution >= 4 is 11.8 Å². The van der Waals surface area contributed by atoms with Gasteiger partial charge in [-0.3, -0.25) is 9.59 Å². The Morgan fingerprint density at radius 3 is 2.14 bits per heavy atom. The van der Waals surface area contributed by atoms with E-state index >= 15 is 0 Å². The Labute approximate surface area is 166 Å². The van der Waals surface area contributed by atoms with Gasteiger partial charge in [-0.1, -0.05) is 5.11 Å². The summed E-state index contributed by atoms with van der Waals surface area (Å²) in [4.78, 5) is 26.2. The van der Waals surface area contributed by atoms with Crippen molar-refractivity contribution in [1.29, 1.82) is 0 Å². The lowest BCUT2D eigenvalue weighted by molar-refractivity contribution is -0.156. The fraction of sp³-hybridized carbons (Fsp3) is 0.889. The molecule has 10 heteroatoms. The van der Waals surface area contributed by atoms with E-state index in [0.717, 1.165) is 0 Å². The second-order valence-corrected chi connectivity index (χ2v) is 7.11. The van der Waals surface area contributed by atoms with Crippen LogP contribution in [-0.4, -0.2) is 69.6 Å². The molecule has 0 aliphatic rings. The van der Waals surface area contributed by atoms with Crippen molar-refractivity contribution in [3.63, 3.8) is 0 Å². The van der Waals surface area contributed by atoms with Crippen LogP contribution < -0.4 is 5.73 Å². The van der Waals surface area contributed by atoms with E-state index in [1.54, 1.807) is 20.8 Å². The maximum atomic E-state index is 11.8. The van der Waals surface area contributed by atoms with Gasteiger partial charge in [-0.15, -0.1) is 0 Å². The molecule has 0 aromatic rings. The summed E-state index contributed by atoms with van der Waals surface area (Å²) in [6, 6.07) is -0.778. The Balaban J connectivity index is 3.48. The van der Waals surface area contributed by atoms with Gasteiger partial charge in [0, 0.05) is 30.9 Å². The van der Waals surface area contributed by atoms with Crippen LogP contribution in [0.15, 0.2) is 5.11 Å². The van der Waals surface area contributed by atoms with E-state index in [9.17, 15) is 9.59 Å². The minimum atomic E-state index is -0.778. The highest BCUT2D eigenvalue weighted by molar-refractivity contribution is 5.80. The van der Waals surface area contributed by atoms with E-state index in [4.69, 9.17) is 30.2 Å². The molecule has 0 aliphatic heterocycles. The molecule has 0 bridgehead atoms. The molecule has 0 spiro atoms. The normalized spacial score (nSPS) is 12.3. The Morgan fingerprint density at radius 2 is 1.57 bits per heavy atom. The lowest BCUT2D eigenvalue weighted by Crippen LogP contribution is -2.37. The summed E-state index contributed by atoms with van der Waals surface area (Å²) in [6.45, 7) is 8.23. The smallest absolute Gasteiger partial charge is 0.323 e. The Morgan fingerprint density at radius 1 is 1.00 bits per heavy atom. The molecule has 0 heterocycles. The first-order valence-electron chi connectivity index (χ1n) is 9.50. The predicted molar refractivity (Wildman–Crippen MR) is 104 cm³/mol. The second-order valence-electron chi connectivity index (χ2n) is 7.11. The third-order valence-corrected chi connectivity index (χ3v) is 3.33. The number of Topliss-reactive ketones (excluding diaryl/α,β-unsaturated/α-hetero) is 1. The zero-order valence-electron chi connectivity index (χ0n) is 17.2. The maximum Gasteiger partial charge on any atom is 0.323 e. The molecule has 0 saturated carbocycles. The molecule has 2 N–H and O–H groups in total. The number of nitrogens with two attached hydrogens (primary N) is 1. The van der Waals surface area contributed by atoms with Gasteiger partial charge in [0.05, 0.1) is 33.0 Å². The van der Waals surface area contributed by atoms with Gasteiger partial charge >= 0.3 is 5.97 Å². The molecule has 10 nitrogen and oxygen atoms in total. The van der Waals surface area contributed by atoms with Crippen LogP contribution in [-0.2, 0) is 28.5 Å². The average molecular weight is 402 g/mol. The quantitative estimate of drug-likeness (QED) is 0.129. The first-order chi connectivity index (χ1) is 13.3. The van der Waals surface area contributed by atoms with Crippen molar-refractivity contribution in [3.8, 4) is 0 Å². The molecule has 0 aromatic heterocycles. The highest BCUT2D eigenvalue weighted by Gasteiger charge is 2.22. The monoisotopic (exact) mass is 402 g/mol. The summed E-state index contributed by atoms with van der Waals surface area (Å²) in [6.07, 6.45) is 1.54. The van der Waals surface area contributed by atoms with Crippen molar-refractivity contribution in [1.82, 2.24) is 0 Å². The van der Waals surface area contributed by atoms with Gasteiger partial charge in [-0.25, -0.2) is 0 Å². The number of azide groups is 1. The number of ketones is 1. The number of carbonyl (C=O) groups excluding carboxylic acids is 2. The number of carbonyl (C=O) groups is 2. The summed E-state index contributed by atoms with van der Waals surface area (Å²) in [5, 5.41) is 3.34. The van der Waals surface area contributed by atoms with E-state index in [2.05, 4.69) is 10.0 Å². The van der Waals surface area contributed by atoms with Crippen LogP contribution in [0.3, 0.4) is 0 Å². The van der Waals surface area contributed by atoms with Crippen LogP contribution in [0, 0.1) is 0 Å². The molecule has 0 aliphatic carbocycles. The Hall–Kier alpha value is -1.71. The molecule has 0 radical (unpaired) electrons. The minimum absolute atomic E-state index is 0.0525. The molecule has 0 rings (SSSR count). The molecule has 0 aromatic carbocycles. The first-order valence-corrected chi connectivity index (χ1v) is 9.50. The van der Waals surface area contributed by atoms with E-state index in [-0.39, 0.29) is 18.6 Å². The zero-order valence-corrected chi connectivity index (χ0v) is 17.2. The van der Waals surface area contributed by atoms with Crippen LogP contribution in [0.4, 0.5) is 0 Å². The van der Waals surface area contributed by atoms with Gasteiger partial charge in [0.25, 0.3) is 0 Å². The molecule has 0 unspecified atom stereocenters. The topological polar surface area (TPSA) is 146 Å². The number of hydrogen-bond donors (Lipinski definition) is 1. The number of rotatable bonds is 17. The minimum Gasteiger partial charge on any atom is -0.459 e. The van der Waals surface area contributed by atoms with Gasteiger partial charge in [0.15, 0.2) is 0 Å². The molecular formula is C18H34N4O6. The largest absolute Gasteiger partial charge is 0.459 e. The Bertz CT molecular complexity index is 489. The molecule has 162 valence electrons. The fourth-order valence-corrected chi connectivity index (χ4v) is 2.00. The van der Waals surface area contributed by atoms with Crippen molar-refractivity contribution in [2.24, 2.45) is 10.8 Å². The molecule has 0 fully saturated rings. The second kappa shape index (κ2) is 16.3. The number of nitrogens with zero attached hydrogens (tertiary/aromatic N) is 3. The van der Waals surface area contributed by atoms with E-state index in [1.807, 2.05) is 0 Å². The third kappa shape index (κ3) is 17.7. The molecule has 1 atom stereocenters. The number of ether oxygens (including phenoxy) is 4. The predicted octanol–water partition coefficient (Wildman–Crippen LogP) is 2.14. The summed E-state index contributed by atoms with van der Waals surface area (Å²) in [7, 11) is 0. The standard InChI is InChI=1S/C18H34N4O6/c1-18(2,3)28-17(24)16(19)7-6-15(23)5-4-9-25-11-13-27-14-12-26-10-8-21-22-20/h16H,4-14,19H2,1-3H3/t16-/m0/s1. The molecular weight excluding hydrogens is 368 g/mol. The highest BCUT2D eigenvalue weighted by Crippen LogP contribution is 2.10. The zero-order chi connectivity index (χ0) is 21.3. The highest BCUT2D eigenvalue weighted by atomic mass is 16.6. The van der Waals surface area contributed by atoms with Crippen molar-refractivity contribution < 1.29 is 28.5 Å². The van der Waals surface area contributed by atoms with Crippen molar-refractivity contribution in [3.05, 3.63) is 10.4 Å². The first kappa shape index (κ1) is 26.3. The van der Waals surface area contributed by atoms with E-state index < -0.39 is 17.6 Å². The van der Waals surface area contributed by atoms with Crippen LogP contribution in [0.25, 0.3) is 10.4 Å². The summed E-state index contributed by atoms with van der Waals surface area (Å²) < 4.78 is 21.1. The van der Waals surface area contributed by atoms with Gasteiger partial charge in [0.1, 0.15) is 17.4 Å². The molecule has 0 saturated heterocycles. The van der Waals surface area contributed by atoms with Gasteiger partial charge in [-0.2, -0.15) is 0 Å². The van der Waals surface area contributed by atoms with Gasteiger partial charge in [-0.05, 0) is 39.1 Å². The Kier molecular flexibility index (Phi) is 15.3. The van der Waals surface area contributed by atoms with Crippen LogP contribution >= 0.6 is 0 Å². The van der Waals surface area contributed by atoms with E-state index in [1.165, 1.54) is 0 Å². The van der Waals surface area contributed by atoms with E-state index in [0.29, 0.717) is 59.0 Å². The average Bonchev–Trinajstić information content (AvgIpc) is 2.62. The third-order valence-electron chi connectivity index (χ3n) is 3.33. The maximum absolute atomic E-state index is 11.8. The lowest BCUT2D eigenvalue weighted by Gasteiger charge is -2.22. The SMILES string of the molecule is CC(C)(C)OC(=O)[C@@H](N)CCC(=O)CCCOCCOCCOCCN=[N+]=[N-]. The van der Waals surface area contributed by atoms with Crippen LogP contribution in [0.2, 0.25) is 0 Å². The fourth-order valence-electron chi connectivity index (χ4n) is 2.00. The number of esters is 1.